The molecule has 1 N–H and O–H groups in total. The molecule has 0 aromatic rings. The molecule has 1 saturated heterocycles. The van der Waals surface area contributed by atoms with E-state index in [-0.39, 0.29) is 11.8 Å². The molecule has 2 fully saturated rings. The van der Waals surface area contributed by atoms with Crippen molar-refractivity contribution in [2.24, 2.45) is 11.3 Å². The van der Waals surface area contributed by atoms with Crippen molar-refractivity contribution in [1.82, 2.24) is 10.2 Å². The number of amides is 2. The molecule has 0 atom stereocenters. The molecule has 114 valence electrons. The highest BCUT2D eigenvalue weighted by Crippen LogP contribution is 2.47. The Hall–Kier alpha value is -1.10. The number of likely N-dealkylation sites (tertiary alicyclic amines) is 1. The van der Waals surface area contributed by atoms with Crippen molar-refractivity contribution < 1.29 is 14.3 Å². The predicted octanol–water partition coefficient (Wildman–Crippen LogP) is 1.18. The Kier molecular flexibility index (Phi) is 5.02. The highest BCUT2D eigenvalue weighted by molar-refractivity contribution is 6.07. The Morgan fingerprint density at radius 1 is 1.30 bits per heavy atom. The van der Waals surface area contributed by atoms with E-state index in [0.717, 1.165) is 32.4 Å². The minimum absolute atomic E-state index is 0.0497. The van der Waals surface area contributed by atoms with Gasteiger partial charge in [-0.3, -0.25) is 9.59 Å². The number of carbonyl (C=O) groups is 2. The van der Waals surface area contributed by atoms with Crippen molar-refractivity contribution in [3.8, 4) is 0 Å². The number of piperidine rings is 1. The molecule has 0 aromatic carbocycles. The standard InChI is InChI=1S/C15H26N2O3/c1-12-4-9-17(10-5-12)14(19)15(6-7-15)13(18)16-8-3-11-20-2/h12H,3-11H2,1-2H3,(H,16,18). The summed E-state index contributed by atoms with van der Waals surface area (Å²) >= 11 is 0. The van der Waals surface area contributed by atoms with Crippen LogP contribution in [0.2, 0.25) is 0 Å². The number of nitrogens with zero attached hydrogens (tertiary/aromatic N) is 1. The minimum atomic E-state index is -0.742. The maximum atomic E-state index is 12.6. The molecule has 1 saturated carbocycles. The van der Waals surface area contributed by atoms with E-state index in [2.05, 4.69) is 12.2 Å². The van der Waals surface area contributed by atoms with Gasteiger partial charge in [0.25, 0.3) is 0 Å². The maximum Gasteiger partial charge on any atom is 0.238 e. The number of carbonyl (C=O) groups excluding carboxylic acids is 2. The summed E-state index contributed by atoms with van der Waals surface area (Å²) in [5, 5.41) is 2.88. The third-order valence-electron chi connectivity index (χ3n) is 4.48. The van der Waals surface area contributed by atoms with Crippen LogP contribution in [-0.2, 0) is 14.3 Å². The quantitative estimate of drug-likeness (QED) is 0.588. The van der Waals surface area contributed by atoms with Gasteiger partial charge in [0.05, 0.1) is 0 Å². The first-order valence-electron chi connectivity index (χ1n) is 7.67. The van der Waals surface area contributed by atoms with Gasteiger partial charge < -0.3 is 15.0 Å². The lowest BCUT2D eigenvalue weighted by Gasteiger charge is -2.32. The number of rotatable bonds is 6. The number of nitrogens with one attached hydrogen (secondary N) is 1. The molecule has 0 aromatic heterocycles. The lowest BCUT2D eigenvalue weighted by Crippen LogP contribution is -2.48. The molecule has 0 spiro atoms. The average molecular weight is 282 g/mol. The molecule has 2 rings (SSSR count). The molecular formula is C15H26N2O3. The second-order valence-corrected chi connectivity index (χ2v) is 6.16. The van der Waals surface area contributed by atoms with Crippen LogP contribution in [0.4, 0.5) is 0 Å². The largest absolute Gasteiger partial charge is 0.385 e. The predicted molar refractivity (Wildman–Crippen MR) is 76.1 cm³/mol. The number of hydrogen-bond acceptors (Lipinski definition) is 3. The van der Waals surface area contributed by atoms with Gasteiger partial charge in [-0.1, -0.05) is 6.92 Å². The average Bonchev–Trinajstić information content (AvgIpc) is 3.25. The van der Waals surface area contributed by atoms with E-state index in [9.17, 15) is 9.59 Å². The fourth-order valence-corrected chi connectivity index (χ4v) is 2.77. The van der Waals surface area contributed by atoms with Gasteiger partial charge in [0.1, 0.15) is 5.41 Å². The van der Waals surface area contributed by atoms with E-state index in [1.807, 2.05) is 4.90 Å². The van der Waals surface area contributed by atoms with Crippen molar-refractivity contribution in [2.45, 2.75) is 39.0 Å². The number of ether oxygens (including phenoxy) is 1. The van der Waals surface area contributed by atoms with Gasteiger partial charge in [-0.05, 0) is 38.0 Å². The highest BCUT2D eigenvalue weighted by Gasteiger charge is 2.57. The third kappa shape index (κ3) is 3.32. The first-order chi connectivity index (χ1) is 9.60. The van der Waals surface area contributed by atoms with Crippen molar-refractivity contribution >= 4 is 11.8 Å². The van der Waals surface area contributed by atoms with E-state index < -0.39 is 5.41 Å². The summed E-state index contributed by atoms with van der Waals surface area (Å²) in [5.41, 5.74) is -0.742. The molecule has 0 radical (unpaired) electrons. The van der Waals surface area contributed by atoms with Crippen LogP contribution in [0.3, 0.4) is 0 Å². The Morgan fingerprint density at radius 2 is 1.95 bits per heavy atom. The van der Waals surface area contributed by atoms with Crippen LogP contribution in [0.1, 0.15) is 39.0 Å². The van der Waals surface area contributed by atoms with Crippen LogP contribution in [0.15, 0.2) is 0 Å². The summed E-state index contributed by atoms with van der Waals surface area (Å²) in [6, 6.07) is 0. The van der Waals surface area contributed by atoms with Crippen LogP contribution in [0.5, 0.6) is 0 Å². The second kappa shape index (κ2) is 6.57. The normalized spacial score (nSPS) is 21.6. The molecule has 1 heterocycles. The van der Waals surface area contributed by atoms with Gasteiger partial charge in [-0.2, -0.15) is 0 Å². The van der Waals surface area contributed by atoms with E-state index in [4.69, 9.17) is 4.74 Å². The van der Waals surface area contributed by atoms with Crippen molar-refractivity contribution in [3.63, 3.8) is 0 Å². The van der Waals surface area contributed by atoms with Crippen LogP contribution < -0.4 is 5.32 Å². The zero-order valence-electron chi connectivity index (χ0n) is 12.6. The van der Waals surface area contributed by atoms with Crippen molar-refractivity contribution in [2.75, 3.05) is 33.4 Å². The first kappa shape index (κ1) is 15.3. The second-order valence-electron chi connectivity index (χ2n) is 6.16. The molecule has 2 amide bonds. The summed E-state index contributed by atoms with van der Waals surface area (Å²) in [6.07, 6.45) is 4.30. The van der Waals surface area contributed by atoms with Gasteiger partial charge in [0.2, 0.25) is 11.8 Å². The van der Waals surface area contributed by atoms with Crippen LogP contribution in [-0.4, -0.2) is 50.1 Å². The van der Waals surface area contributed by atoms with E-state index in [1.165, 1.54) is 0 Å². The van der Waals surface area contributed by atoms with Gasteiger partial charge >= 0.3 is 0 Å². The number of hydrogen-bond donors (Lipinski definition) is 1. The fourth-order valence-electron chi connectivity index (χ4n) is 2.77. The van der Waals surface area contributed by atoms with E-state index in [0.29, 0.717) is 31.9 Å². The van der Waals surface area contributed by atoms with Crippen LogP contribution in [0.25, 0.3) is 0 Å². The lowest BCUT2D eigenvalue weighted by molar-refractivity contribution is -0.145. The molecule has 1 aliphatic heterocycles. The van der Waals surface area contributed by atoms with E-state index in [1.54, 1.807) is 7.11 Å². The summed E-state index contributed by atoms with van der Waals surface area (Å²) < 4.78 is 4.95. The first-order valence-corrected chi connectivity index (χ1v) is 7.67. The van der Waals surface area contributed by atoms with Gasteiger partial charge in [0.15, 0.2) is 0 Å². The summed E-state index contributed by atoms with van der Waals surface area (Å²) in [4.78, 5) is 26.7. The summed E-state index contributed by atoms with van der Waals surface area (Å²) in [7, 11) is 1.64. The number of methoxy groups -OCH3 is 1. The third-order valence-corrected chi connectivity index (χ3v) is 4.48. The Morgan fingerprint density at radius 3 is 2.50 bits per heavy atom. The lowest BCUT2D eigenvalue weighted by atomic mass is 9.96. The molecular weight excluding hydrogens is 256 g/mol. The SMILES string of the molecule is COCCCNC(=O)C1(C(=O)N2CCC(C)CC2)CC1. The van der Waals surface area contributed by atoms with Gasteiger partial charge in [0, 0.05) is 33.4 Å². The molecule has 0 unspecified atom stereocenters. The molecule has 2 aliphatic rings. The summed E-state index contributed by atoms with van der Waals surface area (Å²) in [6.45, 7) is 5.04. The Bertz CT molecular complexity index is 358. The monoisotopic (exact) mass is 282 g/mol. The maximum absolute atomic E-state index is 12.6. The van der Waals surface area contributed by atoms with Gasteiger partial charge in [-0.25, -0.2) is 0 Å². The topological polar surface area (TPSA) is 58.6 Å². The minimum Gasteiger partial charge on any atom is -0.385 e. The highest BCUT2D eigenvalue weighted by atomic mass is 16.5. The zero-order chi connectivity index (χ0) is 14.6. The van der Waals surface area contributed by atoms with Crippen molar-refractivity contribution in [1.29, 1.82) is 0 Å². The van der Waals surface area contributed by atoms with E-state index >= 15 is 0 Å². The van der Waals surface area contributed by atoms with Gasteiger partial charge in [-0.15, -0.1) is 0 Å². The van der Waals surface area contributed by atoms with Crippen LogP contribution in [0, 0.1) is 11.3 Å². The smallest absolute Gasteiger partial charge is 0.238 e. The Labute approximate surface area is 121 Å². The molecule has 1 aliphatic carbocycles. The summed E-state index contributed by atoms with van der Waals surface area (Å²) in [5.74, 6) is 0.655. The Balaban J connectivity index is 1.83. The fraction of sp³-hybridized carbons (Fsp3) is 0.867. The van der Waals surface area contributed by atoms with Crippen LogP contribution >= 0.6 is 0 Å². The van der Waals surface area contributed by atoms with Crippen molar-refractivity contribution in [3.05, 3.63) is 0 Å². The molecule has 5 heteroatoms. The molecule has 5 nitrogen and oxygen atoms in total. The molecule has 0 bridgehead atoms. The molecule has 20 heavy (non-hydrogen) atoms. The zero-order valence-corrected chi connectivity index (χ0v) is 12.6.